The van der Waals surface area contributed by atoms with Crippen molar-refractivity contribution in [2.45, 2.75) is 24.5 Å². The van der Waals surface area contributed by atoms with Gasteiger partial charge in [0.05, 0.1) is 12.8 Å². The number of hydrogen-bond donors (Lipinski definition) is 5. The van der Waals surface area contributed by atoms with Crippen molar-refractivity contribution in [1.29, 1.82) is 0 Å². The van der Waals surface area contributed by atoms with E-state index in [9.17, 15) is 15.0 Å². The highest BCUT2D eigenvalue weighted by Crippen LogP contribution is 2.27. The van der Waals surface area contributed by atoms with Gasteiger partial charge in [0.15, 0.2) is 12.0 Å². The molecule has 1 aliphatic rings. The summed E-state index contributed by atoms with van der Waals surface area (Å²) in [6.45, 7) is -0.507. The third-order valence-electron chi connectivity index (χ3n) is 2.59. The number of nitrogens with zero attached hydrogens (tertiary/aromatic N) is 3. The molecule has 10 nitrogen and oxygen atoms in total. The molecule has 0 aliphatic carbocycles. The van der Waals surface area contributed by atoms with Crippen LogP contribution in [0.4, 0.5) is 5.82 Å². The van der Waals surface area contributed by atoms with Crippen LogP contribution in [0.5, 0.6) is 0 Å². The standard InChI is InChI=1S/C8H12N4O6/c13-2-3-5(14)6(15)7(18-3)12-8(16)10-4(11-17)1-9-12/h1,3,5-7,13-15,17H,2H2,(H,10,11,16)/t3-,5+,6+,7-/m0/s1. The molecule has 2 rings (SSSR count). The van der Waals surface area contributed by atoms with E-state index in [0.29, 0.717) is 4.68 Å². The molecule has 18 heavy (non-hydrogen) atoms. The minimum Gasteiger partial charge on any atom is -0.394 e. The van der Waals surface area contributed by atoms with Gasteiger partial charge in [0.25, 0.3) is 0 Å². The summed E-state index contributed by atoms with van der Waals surface area (Å²) in [6.07, 6.45) is -3.96. The Morgan fingerprint density at radius 2 is 2.17 bits per heavy atom. The zero-order chi connectivity index (χ0) is 13.3. The lowest BCUT2D eigenvalue weighted by molar-refractivity contribution is -0.0617. The van der Waals surface area contributed by atoms with Crippen LogP contribution >= 0.6 is 0 Å². The number of rotatable bonds is 3. The van der Waals surface area contributed by atoms with Gasteiger partial charge in [0, 0.05) is 0 Å². The highest BCUT2D eigenvalue weighted by atomic mass is 16.6. The molecule has 0 saturated carbocycles. The van der Waals surface area contributed by atoms with Gasteiger partial charge >= 0.3 is 5.69 Å². The minimum absolute atomic E-state index is 0.164. The molecule has 1 aromatic heterocycles. The number of ether oxygens (including phenoxy) is 1. The zero-order valence-electron chi connectivity index (χ0n) is 9.04. The Labute approximate surface area is 100 Å². The fourth-order valence-corrected chi connectivity index (χ4v) is 1.66. The molecule has 100 valence electrons. The molecule has 1 aromatic rings. The van der Waals surface area contributed by atoms with Crippen LogP contribution in [0.15, 0.2) is 11.0 Å². The number of hydrogen-bond acceptors (Lipinski definition) is 9. The lowest BCUT2D eigenvalue weighted by atomic mass is 10.1. The quantitative estimate of drug-likeness (QED) is 0.359. The van der Waals surface area contributed by atoms with E-state index in [-0.39, 0.29) is 5.82 Å². The summed E-state index contributed by atoms with van der Waals surface area (Å²) in [6, 6.07) is 0. The SMILES string of the molecule is O=c1nc(NO)cnn1[C@H]1O[C@@H](CO)[C@@H](O)[C@H]1O. The second kappa shape index (κ2) is 4.96. The maximum atomic E-state index is 11.5. The molecule has 5 N–H and O–H groups in total. The third kappa shape index (κ3) is 2.07. The van der Waals surface area contributed by atoms with E-state index in [1.807, 2.05) is 0 Å². The van der Waals surface area contributed by atoms with Crippen molar-refractivity contribution in [3.05, 3.63) is 16.7 Å². The summed E-state index contributed by atoms with van der Waals surface area (Å²) < 4.78 is 5.82. The van der Waals surface area contributed by atoms with Crippen LogP contribution in [-0.2, 0) is 4.74 Å². The van der Waals surface area contributed by atoms with Gasteiger partial charge in [-0.2, -0.15) is 14.8 Å². The molecule has 0 amide bonds. The average molecular weight is 260 g/mol. The summed E-state index contributed by atoms with van der Waals surface area (Å²) >= 11 is 0. The number of nitrogens with one attached hydrogen (secondary N) is 1. The second-order valence-electron chi connectivity index (χ2n) is 3.71. The van der Waals surface area contributed by atoms with Crippen molar-refractivity contribution in [3.8, 4) is 0 Å². The molecular formula is C8H12N4O6. The topological polar surface area (TPSA) is 150 Å². The van der Waals surface area contributed by atoms with E-state index in [2.05, 4.69) is 10.1 Å². The number of aliphatic hydroxyl groups excluding tert-OH is 3. The molecule has 0 aromatic carbocycles. The third-order valence-corrected chi connectivity index (χ3v) is 2.59. The van der Waals surface area contributed by atoms with Crippen LogP contribution in [0, 0.1) is 0 Å². The van der Waals surface area contributed by atoms with Gasteiger partial charge in [-0.1, -0.05) is 0 Å². The van der Waals surface area contributed by atoms with Crippen molar-refractivity contribution in [3.63, 3.8) is 0 Å². The van der Waals surface area contributed by atoms with Crippen molar-refractivity contribution >= 4 is 5.82 Å². The Morgan fingerprint density at radius 1 is 1.44 bits per heavy atom. The second-order valence-corrected chi connectivity index (χ2v) is 3.71. The Kier molecular flexibility index (Phi) is 3.54. The minimum atomic E-state index is -1.41. The normalized spacial score (nSPS) is 31.6. The molecule has 1 fully saturated rings. The van der Waals surface area contributed by atoms with Crippen LogP contribution in [0.25, 0.3) is 0 Å². The number of anilines is 1. The van der Waals surface area contributed by atoms with Gasteiger partial charge in [-0.05, 0) is 0 Å². The first kappa shape index (κ1) is 12.9. The van der Waals surface area contributed by atoms with E-state index in [1.165, 1.54) is 0 Å². The highest BCUT2D eigenvalue weighted by molar-refractivity contribution is 5.24. The maximum absolute atomic E-state index is 11.5. The maximum Gasteiger partial charge on any atom is 0.368 e. The predicted octanol–water partition coefficient (Wildman–Crippen LogP) is -2.95. The lowest BCUT2D eigenvalue weighted by Gasteiger charge is -2.15. The summed E-state index contributed by atoms with van der Waals surface area (Å²) in [7, 11) is 0. The largest absolute Gasteiger partial charge is 0.394 e. The van der Waals surface area contributed by atoms with Gasteiger partial charge < -0.3 is 20.1 Å². The predicted molar refractivity (Wildman–Crippen MR) is 54.7 cm³/mol. The van der Waals surface area contributed by atoms with Crippen LogP contribution in [0.3, 0.4) is 0 Å². The molecule has 2 heterocycles. The van der Waals surface area contributed by atoms with Crippen LogP contribution in [0.1, 0.15) is 6.23 Å². The molecule has 10 heteroatoms. The average Bonchev–Trinajstić information content (AvgIpc) is 2.66. The summed E-state index contributed by atoms with van der Waals surface area (Å²) in [5.41, 5.74) is 0.761. The molecule has 0 radical (unpaired) electrons. The highest BCUT2D eigenvalue weighted by Gasteiger charge is 2.44. The first-order valence-electron chi connectivity index (χ1n) is 5.07. The summed E-state index contributed by atoms with van der Waals surface area (Å²) in [5, 5.41) is 40.3. The van der Waals surface area contributed by atoms with Crippen molar-refractivity contribution in [1.82, 2.24) is 14.8 Å². The van der Waals surface area contributed by atoms with E-state index in [1.54, 1.807) is 5.48 Å². The van der Waals surface area contributed by atoms with Crippen LogP contribution in [0.2, 0.25) is 0 Å². The Bertz CT molecular complexity index is 479. The van der Waals surface area contributed by atoms with E-state index < -0.39 is 36.8 Å². The van der Waals surface area contributed by atoms with Crippen LogP contribution in [-0.4, -0.2) is 60.2 Å². The fourth-order valence-electron chi connectivity index (χ4n) is 1.66. The molecule has 0 bridgehead atoms. The summed E-state index contributed by atoms with van der Waals surface area (Å²) in [4.78, 5) is 14.9. The zero-order valence-corrected chi connectivity index (χ0v) is 9.04. The molecular weight excluding hydrogens is 248 g/mol. The Balaban J connectivity index is 2.30. The Morgan fingerprint density at radius 3 is 2.67 bits per heavy atom. The van der Waals surface area contributed by atoms with Crippen molar-refractivity contribution in [2.24, 2.45) is 0 Å². The number of aliphatic hydroxyl groups is 3. The van der Waals surface area contributed by atoms with Gasteiger partial charge in [-0.25, -0.2) is 4.79 Å². The molecule has 1 aliphatic heterocycles. The van der Waals surface area contributed by atoms with E-state index in [4.69, 9.17) is 15.1 Å². The molecule has 4 atom stereocenters. The monoisotopic (exact) mass is 260 g/mol. The molecule has 1 saturated heterocycles. The van der Waals surface area contributed by atoms with Crippen molar-refractivity contribution in [2.75, 3.05) is 12.1 Å². The number of aromatic nitrogens is 3. The van der Waals surface area contributed by atoms with Gasteiger partial charge in [0.2, 0.25) is 0 Å². The summed E-state index contributed by atoms with van der Waals surface area (Å²) in [5.74, 6) is -0.164. The van der Waals surface area contributed by atoms with Gasteiger partial charge in [-0.3, -0.25) is 10.7 Å². The molecule has 0 spiro atoms. The van der Waals surface area contributed by atoms with Crippen molar-refractivity contribution < 1.29 is 25.3 Å². The van der Waals surface area contributed by atoms with E-state index in [0.717, 1.165) is 6.20 Å². The fraction of sp³-hybridized carbons (Fsp3) is 0.625. The van der Waals surface area contributed by atoms with Gasteiger partial charge in [0.1, 0.15) is 18.3 Å². The van der Waals surface area contributed by atoms with E-state index >= 15 is 0 Å². The lowest BCUT2D eigenvalue weighted by Crippen LogP contribution is -2.37. The first-order chi connectivity index (χ1) is 8.58. The molecule has 0 unspecified atom stereocenters. The van der Waals surface area contributed by atoms with Crippen LogP contribution < -0.4 is 11.2 Å². The van der Waals surface area contributed by atoms with Gasteiger partial charge in [-0.15, -0.1) is 0 Å². The Hall–Kier alpha value is -1.59. The smallest absolute Gasteiger partial charge is 0.368 e. The first-order valence-corrected chi connectivity index (χ1v) is 5.07.